The fourth-order valence-corrected chi connectivity index (χ4v) is 4.28. The van der Waals surface area contributed by atoms with Crippen LogP contribution < -0.4 is 4.74 Å². The number of ketones is 1. The molecule has 0 fully saturated rings. The zero-order valence-corrected chi connectivity index (χ0v) is 20.1. The van der Waals surface area contributed by atoms with Crippen LogP contribution in [0.4, 0.5) is 0 Å². The number of halogens is 1. The first kappa shape index (κ1) is 23.6. The van der Waals surface area contributed by atoms with Gasteiger partial charge in [0.05, 0.1) is 16.6 Å². The van der Waals surface area contributed by atoms with Crippen LogP contribution in [0.25, 0.3) is 10.9 Å². The largest absolute Gasteiger partial charge is 0.482 e. The molecule has 1 unspecified atom stereocenters. The summed E-state index contributed by atoms with van der Waals surface area (Å²) >= 11 is 3.44. The summed E-state index contributed by atoms with van der Waals surface area (Å²) in [4.78, 5) is 24.4. The average molecular weight is 488 g/mol. The van der Waals surface area contributed by atoms with Gasteiger partial charge in [-0.2, -0.15) is 0 Å². The highest BCUT2D eigenvalue weighted by Gasteiger charge is 2.22. The maximum atomic E-state index is 12.3. The molecule has 7 nitrogen and oxygen atoms in total. The van der Waals surface area contributed by atoms with Gasteiger partial charge in [0.1, 0.15) is 17.9 Å². The molecule has 0 saturated heterocycles. The summed E-state index contributed by atoms with van der Waals surface area (Å²) in [5.74, 6) is -0.0878. The number of Topliss-reactive ketones (excluding diaryl/α,β-unsaturated/α-hetero) is 1. The SMILES string of the molecule is CCOP(C)(=O)COc1cc2c(cc1Br)c(C(C)=O)cn2CC(=O)OC(C)(C)C. The highest BCUT2D eigenvalue weighted by molar-refractivity contribution is 9.10. The van der Waals surface area contributed by atoms with E-state index in [9.17, 15) is 14.2 Å². The van der Waals surface area contributed by atoms with Crippen molar-refractivity contribution in [1.29, 1.82) is 0 Å². The van der Waals surface area contributed by atoms with E-state index in [0.29, 0.717) is 33.3 Å². The Morgan fingerprint density at radius 2 is 1.90 bits per heavy atom. The number of rotatable bonds is 8. The Kier molecular flexibility index (Phi) is 7.36. The van der Waals surface area contributed by atoms with E-state index in [1.165, 1.54) is 13.6 Å². The summed E-state index contributed by atoms with van der Waals surface area (Å²) in [5, 5.41) is 0.685. The molecule has 0 saturated carbocycles. The molecule has 2 rings (SSSR count). The van der Waals surface area contributed by atoms with Crippen LogP contribution in [-0.4, -0.2) is 41.5 Å². The fourth-order valence-electron chi connectivity index (χ4n) is 2.82. The normalized spacial score (nSPS) is 13.9. The van der Waals surface area contributed by atoms with Gasteiger partial charge in [0.2, 0.25) is 7.37 Å². The van der Waals surface area contributed by atoms with E-state index in [4.69, 9.17) is 14.0 Å². The zero-order valence-electron chi connectivity index (χ0n) is 17.6. The van der Waals surface area contributed by atoms with Crippen molar-refractivity contribution in [3.8, 4) is 5.75 Å². The number of carbonyl (C=O) groups is 2. The number of hydrogen-bond donors (Lipinski definition) is 0. The van der Waals surface area contributed by atoms with E-state index in [1.807, 2.05) is 0 Å². The van der Waals surface area contributed by atoms with Gasteiger partial charge in [-0.05, 0) is 56.6 Å². The van der Waals surface area contributed by atoms with Gasteiger partial charge in [-0.3, -0.25) is 14.2 Å². The molecule has 2 aromatic rings. The molecule has 1 aromatic carbocycles. The standard InChI is InChI=1S/C20H27BrNO6P/c1-7-27-29(6,25)12-26-18-9-17-14(8-16(18)21)15(13(2)23)10-22(17)11-19(24)28-20(3,4)5/h8-10H,7,11-12H2,1-6H3. The Labute approximate surface area is 179 Å². The molecular weight excluding hydrogens is 461 g/mol. The van der Waals surface area contributed by atoms with Crippen molar-refractivity contribution in [2.45, 2.75) is 46.8 Å². The number of nitrogens with zero attached hydrogens (tertiary/aromatic N) is 1. The van der Waals surface area contributed by atoms with E-state index in [-0.39, 0.29) is 18.7 Å². The molecule has 1 atom stereocenters. The fraction of sp³-hybridized carbons (Fsp3) is 0.500. The second-order valence-corrected chi connectivity index (χ2v) is 11.2. The Balaban J connectivity index is 2.42. The van der Waals surface area contributed by atoms with E-state index < -0.39 is 18.9 Å². The molecule has 0 spiro atoms. The summed E-state index contributed by atoms with van der Waals surface area (Å²) < 4.78 is 31.0. The lowest BCUT2D eigenvalue weighted by molar-refractivity contribution is -0.155. The van der Waals surface area contributed by atoms with Crippen LogP contribution in [0.5, 0.6) is 5.75 Å². The molecule has 0 N–H and O–H groups in total. The van der Waals surface area contributed by atoms with Crippen molar-refractivity contribution in [2.24, 2.45) is 0 Å². The minimum absolute atomic E-state index is 0.0483. The third-order valence-corrected chi connectivity index (χ3v) is 5.91. The topological polar surface area (TPSA) is 83.8 Å². The molecular formula is C20H27BrNO6P. The Morgan fingerprint density at radius 1 is 1.24 bits per heavy atom. The summed E-state index contributed by atoms with van der Waals surface area (Å²) in [6, 6.07) is 3.47. The van der Waals surface area contributed by atoms with Crippen LogP contribution in [0.1, 0.15) is 45.0 Å². The van der Waals surface area contributed by atoms with Crippen molar-refractivity contribution < 1.29 is 28.2 Å². The highest BCUT2D eigenvalue weighted by Crippen LogP contribution is 2.43. The molecule has 1 aromatic heterocycles. The third kappa shape index (κ3) is 6.43. The monoisotopic (exact) mass is 487 g/mol. The zero-order chi connectivity index (χ0) is 22.0. The average Bonchev–Trinajstić information content (AvgIpc) is 2.88. The third-order valence-electron chi connectivity index (χ3n) is 3.89. The van der Waals surface area contributed by atoms with Gasteiger partial charge in [-0.1, -0.05) is 0 Å². The number of aromatic nitrogens is 1. The molecule has 0 aliphatic carbocycles. The van der Waals surface area contributed by atoms with Crippen molar-refractivity contribution in [3.63, 3.8) is 0 Å². The minimum Gasteiger partial charge on any atom is -0.482 e. The van der Waals surface area contributed by atoms with Gasteiger partial charge < -0.3 is 18.6 Å². The lowest BCUT2D eigenvalue weighted by Crippen LogP contribution is -2.26. The van der Waals surface area contributed by atoms with E-state index in [1.54, 1.807) is 50.6 Å². The van der Waals surface area contributed by atoms with Crippen molar-refractivity contribution in [3.05, 3.63) is 28.4 Å². The molecule has 160 valence electrons. The molecule has 9 heteroatoms. The number of ether oxygens (including phenoxy) is 2. The first-order valence-corrected chi connectivity index (χ1v) is 12.3. The lowest BCUT2D eigenvalue weighted by Gasteiger charge is -2.20. The second-order valence-electron chi connectivity index (χ2n) is 7.82. The summed E-state index contributed by atoms with van der Waals surface area (Å²) in [7, 11) is -2.88. The van der Waals surface area contributed by atoms with Gasteiger partial charge in [-0.25, -0.2) is 0 Å². The molecule has 0 aliphatic rings. The van der Waals surface area contributed by atoms with Gasteiger partial charge in [0, 0.05) is 29.9 Å². The number of hydrogen-bond acceptors (Lipinski definition) is 6. The first-order valence-electron chi connectivity index (χ1n) is 9.22. The summed E-state index contributed by atoms with van der Waals surface area (Å²) in [6.45, 7) is 10.4. The second kappa shape index (κ2) is 9.02. The maximum Gasteiger partial charge on any atom is 0.326 e. The predicted molar refractivity (Wildman–Crippen MR) is 116 cm³/mol. The van der Waals surface area contributed by atoms with Gasteiger partial charge in [-0.15, -0.1) is 0 Å². The maximum absolute atomic E-state index is 12.3. The number of carbonyl (C=O) groups excluding carboxylic acids is 2. The minimum atomic E-state index is -2.88. The van der Waals surface area contributed by atoms with Gasteiger partial charge in [0.25, 0.3) is 0 Å². The van der Waals surface area contributed by atoms with Crippen molar-refractivity contribution >= 4 is 46.0 Å². The van der Waals surface area contributed by atoms with Crippen LogP contribution in [0, 0.1) is 0 Å². The van der Waals surface area contributed by atoms with Crippen molar-refractivity contribution in [2.75, 3.05) is 19.6 Å². The molecule has 0 aliphatic heterocycles. The lowest BCUT2D eigenvalue weighted by atomic mass is 10.1. The number of esters is 1. The molecule has 29 heavy (non-hydrogen) atoms. The smallest absolute Gasteiger partial charge is 0.326 e. The summed E-state index contributed by atoms with van der Waals surface area (Å²) in [5.41, 5.74) is 0.523. The number of benzene rings is 1. The van der Waals surface area contributed by atoms with Crippen molar-refractivity contribution in [1.82, 2.24) is 4.57 Å². The van der Waals surface area contributed by atoms with Gasteiger partial charge in [0.15, 0.2) is 12.1 Å². The molecule has 0 amide bonds. The predicted octanol–water partition coefficient (Wildman–Crippen LogP) is 5.23. The highest BCUT2D eigenvalue weighted by atomic mass is 79.9. The summed E-state index contributed by atoms with van der Waals surface area (Å²) in [6.07, 6.45) is 1.55. The molecule has 0 radical (unpaired) electrons. The quantitative estimate of drug-likeness (QED) is 0.288. The van der Waals surface area contributed by atoms with Crippen LogP contribution >= 0.6 is 23.3 Å². The number of fused-ring (bicyclic) bond motifs is 1. The van der Waals surface area contributed by atoms with E-state index in [2.05, 4.69) is 15.9 Å². The Hall–Kier alpha value is -1.63. The van der Waals surface area contributed by atoms with Gasteiger partial charge >= 0.3 is 5.97 Å². The first-order chi connectivity index (χ1) is 13.3. The molecule has 0 bridgehead atoms. The van der Waals surface area contributed by atoms with Crippen LogP contribution in [0.3, 0.4) is 0 Å². The molecule has 1 heterocycles. The van der Waals surface area contributed by atoms with Crippen LogP contribution in [0.2, 0.25) is 0 Å². The Bertz CT molecular complexity index is 975. The van der Waals surface area contributed by atoms with Crippen LogP contribution in [0.15, 0.2) is 22.8 Å². The van der Waals surface area contributed by atoms with E-state index >= 15 is 0 Å². The van der Waals surface area contributed by atoms with E-state index in [0.717, 1.165) is 0 Å². The Morgan fingerprint density at radius 3 is 2.45 bits per heavy atom. The van der Waals surface area contributed by atoms with Crippen LogP contribution in [-0.2, 0) is 25.2 Å².